The van der Waals surface area contributed by atoms with Crippen LogP contribution in [0, 0.1) is 28.4 Å². The van der Waals surface area contributed by atoms with Crippen molar-refractivity contribution in [1.82, 2.24) is 0 Å². The molecule has 0 fully saturated rings. The van der Waals surface area contributed by atoms with Gasteiger partial charge in [-0.05, 0) is 82.5 Å². The molecule has 3 aromatic rings. The summed E-state index contributed by atoms with van der Waals surface area (Å²) in [5.74, 6) is -0.630. The van der Waals surface area contributed by atoms with Crippen LogP contribution in [0.3, 0.4) is 0 Å². The smallest absolute Gasteiger partial charge is 0.343 e. The first kappa shape index (κ1) is 26.9. The number of esters is 1. The Hall–Kier alpha value is -4.69. The molecule has 0 radical (unpaired) electrons. The maximum atomic E-state index is 12.7. The zero-order valence-corrected chi connectivity index (χ0v) is 21.5. The summed E-state index contributed by atoms with van der Waals surface area (Å²) in [5.41, 5.74) is 0.655. The number of anilines is 1. The minimum absolute atomic E-state index is 0.0405. The van der Waals surface area contributed by atoms with E-state index in [1.807, 2.05) is 0 Å². The molecule has 3 aromatic carbocycles. The number of nitrogens with zero attached hydrogens (tertiary/aromatic N) is 2. The number of nitro benzene ring substituents is 1. The molecule has 0 aliphatic heterocycles. The Balaban J connectivity index is 1.87. The molecule has 0 unspecified atom stereocenters. The van der Waals surface area contributed by atoms with Crippen LogP contribution in [0.2, 0.25) is 0 Å². The molecule has 0 atom stereocenters. The van der Waals surface area contributed by atoms with Crippen LogP contribution >= 0.6 is 15.9 Å². The highest BCUT2D eigenvalue weighted by Gasteiger charge is 2.20. The van der Waals surface area contributed by atoms with Gasteiger partial charge in [0.05, 0.1) is 29.2 Å². The SMILES string of the molecule is COc1ccc(C(=O)Oc2c(Br)cc(/C=C(\C#N)C(=O)Nc3ccc(C)cc3[N+](=O)[O-])cc2OC)cc1. The van der Waals surface area contributed by atoms with Gasteiger partial charge in [-0.25, -0.2) is 4.79 Å². The molecular weight excluding hydrogens is 546 g/mol. The second-order valence-electron chi connectivity index (χ2n) is 7.55. The van der Waals surface area contributed by atoms with E-state index in [0.29, 0.717) is 21.3 Å². The van der Waals surface area contributed by atoms with E-state index in [1.165, 1.54) is 44.6 Å². The number of aryl methyl sites for hydroxylation is 1. The average Bonchev–Trinajstić information content (AvgIpc) is 2.89. The van der Waals surface area contributed by atoms with Gasteiger partial charge in [0.1, 0.15) is 23.1 Å². The Morgan fingerprint density at radius 3 is 2.38 bits per heavy atom. The summed E-state index contributed by atoms with van der Waals surface area (Å²) >= 11 is 3.33. The number of nitrogens with one attached hydrogen (secondary N) is 1. The molecule has 0 aliphatic carbocycles. The van der Waals surface area contributed by atoms with Gasteiger partial charge in [0.15, 0.2) is 11.5 Å². The molecule has 0 spiro atoms. The fourth-order valence-electron chi connectivity index (χ4n) is 3.20. The average molecular weight is 566 g/mol. The Labute approximate surface area is 220 Å². The van der Waals surface area contributed by atoms with Gasteiger partial charge in [-0.3, -0.25) is 14.9 Å². The minimum atomic E-state index is -0.834. The molecular formula is C26H20BrN3O7. The molecule has 188 valence electrons. The first-order valence-electron chi connectivity index (χ1n) is 10.6. The molecule has 0 aliphatic rings. The van der Waals surface area contributed by atoms with Crippen molar-refractivity contribution in [1.29, 1.82) is 5.26 Å². The fraction of sp³-hybridized carbons (Fsp3) is 0.115. The maximum absolute atomic E-state index is 12.7. The summed E-state index contributed by atoms with van der Waals surface area (Å²) in [4.78, 5) is 36.0. The number of benzene rings is 3. The van der Waals surface area contributed by atoms with E-state index >= 15 is 0 Å². The first-order valence-corrected chi connectivity index (χ1v) is 11.4. The van der Waals surface area contributed by atoms with Crippen molar-refractivity contribution in [3.05, 3.63) is 91.4 Å². The van der Waals surface area contributed by atoms with Crippen LogP contribution in [-0.2, 0) is 4.79 Å². The lowest BCUT2D eigenvalue weighted by molar-refractivity contribution is -0.384. The Morgan fingerprint density at radius 1 is 1.08 bits per heavy atom. The summed E-state index contributed by atoms with van der Waals surface area (Å²) in [6.07, 6.45) is 1.28. The molecule has 11 heteroatoms. The summed E-state index contributed by atoms with van der Waals surface area (Å²) in [7, 11) is 2.88. The predicted octanol–water partition coefficient (Wildman–Crippen LogP) is 5.45. The van der Waals surface area contributed by atoms with E-state index in [9.17, 15) is 25.0 Å². The number of amides is 1. The van der Waals surface area contributed by atoms with Gasteiger partial charge in [0.25, 0.3) is 11.6 Å². The number of halogens is 1. The Bertz CT molecular complexity index is 1440. The number of carbonyl (C=O) groups is 2. The van der Waals surface area contributed by atoms with Crippen molar-refractivity contribution >= 4 is 45.3 Å². The highest BCUT2D eigenvalue weighted by Crippen LogP contribution is 2.38. The summed E-state index contributed by atoms with van der Waals surface area (Å²) in [6, 6.07) is 15.5. The van der Waals surface area contributed by atoms with E-state index in [2.05, 4.69) is 21.2 Å². The number of hydrogen-bond acceptors (Lipinski definition) is 8. The highest BCUT2D eigenvalue weighted by molar-refractivity contribution is 9.10. The van der Waals surface area contributed by atoms with Crippen LogP contribution in [0.15, 0.2) is 64.6 Å². The molecule has 3 rings (SSSR count). The lowest BCUT2D eigenvalue weighted by Crippen LogP contribution is -2.14. The van der Waals surface area contributed by atoms with E-state index in [0.717, 1.165) is 0 Å². The zero-order chi connectivity index (χ0) is 27.1. The normalized spacial score (nSPS) is 10.7. The van der Waals surface area contributed by atoms with Crippen molar-refractivity contribution < 1.29 is 28.7 Å². The number of rotatable bonds is 8. The van der Waals surface area contributed by atoms with Crippen LogP contribution in [0.5, 0.6) is 17.2 Å². The van der Waals surface area contributed by atoms with Crippen molar-refractivity contribution in [2.45, 2.75) is 6.92 Å². The van der Waals surface area contributed by atoms with E-state index in [4.69, 9.17) is 14.2 Å². The van der Waals surface area contributed by atoms with Gasteiger partial charge in [0, 0.05) is 6.07 Å². The third-order valence-corrected chi connectivity index (χ3v) is 5.64. The fourth-order valence-corrected chi connectivity index (χ4v) is 3.74. The van der Waals surface area contributed by atoms with Gasteiger partial charge >= 0.3 is 5.97 Å². The van der Waals surface area contributed by atoms with Crippen LogP contribution < -0.4 is 19.5 Å². The Morgan fingerprint density at radius 2 is 1.78 bits per heavy atom. The molecule has 37 heavy (non-hydrogen) atoms. The second-order valence-corrected chi connectivity index (χ2v) is 8.41. The molecule has 0 saturated heterocycles. The van der Waals surface area contributed by atoms with Crippen LogP contribution in [0.4, 0.5) is 11.4 Å². The van der Waals surface area contributed by atoms with Crippen LogP contribution in [-0.4, -0.2) is 31.0 Å². The number of nitro groups is 1. The predicted molar refractivity (Wildman–Crippen MR) is 139 cm³/mol. The lowest BCUT2D eigenvalue weighted by atomic mass is 10.1. The summed E-state index contributed by atoms with van der Waals surface area (Å²) < 4.78 is 16.3. The number of carbonyl (C=O) groups excluding carboxylic acids is 2. The van der Waals surface area contributed by atoms with Crippen molar-refractivity contribution in [2.75, 3.05) is 19.5 Å². The summed E-state index contributed by atoms with van der Waals surface area (Å²) in [6.45, 7) is 1.68. The molecule has 1 N–H and O–H groups in total. The summed E-state index contributed by atoms with van der Waals surface area (Å²) in [5, 5.41) is 23.3. The minimum Gasteiger partial charge on any atom is -0.497 e. The monoisotopic (exact) mass is 565 g/mol. The maximum Gasteiger partial charge on any atom is 0.343 e. The van der Waals surface area contributed by atoms with E-state index < -0.39 is 16.8 Å². The lowest BCUT2D eigenvalue weighted by Gasteiger charge is -2.13. The number of ether oxygens (including phenoxy) is 3. The number of nitriles is 1. The topological polar surface area (TPSA) is 141 Å². The van der Waals surface area contributed by atoms with E-state index in [-0.39, 0.29) is 34.0 Å². The van der Waals surface area contributed by atoms with Gasteiger partial charge in [-0.2, -0.15) is 5.26 Å². The second kappa shape index (κ2) is 11.8. The largest absolute Gasteiger partial charge is 0.497 e. The van der Waals surface area contributed by atoms with Crippen LogP contribution in [0.25, 0.3) is 6.08 Å². The van der Waals surface area contributed by atoms with E-state index in [1.54, 1.807) is 43.3 Å². The highest BCUT2D eigenvalue weighted by atomic mass is 79.9. The van der Waals surface area contributed by atoms with Gasteiger partial charge in [-0.15, -0.1) is 0 Å². The molecule has 0 bridgehead atoms. The quantitative estimate of drug-likeness (QED) is 0.0948. The van der Waals surface area contributed by atoms with Crippen molar-refractivity contribution in [3.63, 3.8) is 0 Å². The molecule has 0 heterocycles. The first-order chi connectivity index (χ1) is 17.7. The van der Waals surface area contributed by atoms with Gasteiger partial charge < -0.3 is 19.5 Å². The van der Waals surface area contributed by atoms with Gasteiger partial charge in [0.2, 0.25) is 0 Å². The van der Waals surface area contributed by atoms with Crippen molar-refractivity contribution in [2.24, 2.45) is 0 Å². The zero-order valence-electron chi connectivity index (χ0n) is 19.9. The van der Waals surface area contributed by atoms with Crippen molar-refractivity contribution in [3.8, 4) is 23.3 Å². The molecule has 0 aromatic heterocycles. The number of methoxy groups -OCH3 is 2. The van der Waals surface area contributed by atoms with Crippen LogP contribution in [0.1, 0.15) is 21.5 Å². The third kappa shape index (κ3) is 6.50. The standard InChI is InChI=1S/C26H20BrN3O7/c1-15-4-9-21(22(10-15)30(33)34)29-25(31)18(14-28)11-16-12-20(27)24(23(13-16)36-3)37-26(32)17-5-7-19(35-2)8-6-17/h4-13H,1-3H3,(H,29,31)/b18-11+. The van der Waals surface area contributed by atoms with Gasteiger partial charge in [-0.1, -0.05) is 6.07 Å². The Kier molecular flexibility index (Phi) is 8.60. The molecule has 0 saturated carbocycles. The third-order valence-electron chi connectivity index (χ3n) is 5.05. The molecule has 10 nitrogen and oxygen atoms in total. The number of hydrogen-bond donors (Lipinski definition) is 1. The molecule has 1 amide bonds.